The topological polar surface area (TPSA) is 83.6 Å². The molecular formula is C18H24N2O4. The second-order valence-electron chi connectivity index (χ2n) is 5.84. The van der Waals surface area contributed by atoms with Gasteiger partial charge in [0.2, 0.25) is 5.91 Å². The van der Waals surface area contributed by atoms with E-state index in [0.717, 1.165) is 10.5 Å². The van der Waals surface area contributed by atoms with Gasteiger partial charge in [-0.1, -0.05) is 32.1 Å². The fourth-order valence-corrected chi connectivity index (χ4v) is 2.41. The van der Waals surface area contributed by atoms with Crippen LogP contribution in [0.4, 0.5) is 0 Å². The first-order valence-electron chi connectivity index (χ1n) is 7.90. The molecule has 0 bridgehead atoms. The molecule has 0 radical (unpaired) electrons. The molecule has 1 aliphatic rings. The summed E-state index contributed by atoms with van der Waals surface area (Å²) >= 11 is 0. The lowest BCUT2D eigenvalue weighted by molar-refractivity contribution is -0.145. The van der Waals surface area contributed by atoms with Crippen molar-refractivity contribution < 1.29 is 19.2 Å². The molecule has 1 aliphatic heterocycles. The van der Waals surface area contributed by atoms with Gasteiger partial charge in [-0.3, -0.25) is 19.3 Å². The number of hydrogen-bond donors (Lipinski definition) is 1. The van der Waals surface area contributed by atoms with Crippen LogP contribution in [0.25, 0.3) is 0 Å². The Kier molecular flexibility index (Phi) is 6.82. The molecule has 1 rings (SSSR count). The highest BCUT2D eigenvalue weighted by Gasteiger charge is 2.44. The summed E-state index contributed by atoms with van der Waals surface area (Å²) in [6.45, 7) is 9.44. The van der Waals surface area contributed by atoms with Gasteiger partial charge in [-0.25, -0.2) is 0 Å². The number of imide groups is 1. The zero-order chi connectivity index (χ0) is 18.4. The first-order valence-corrected chi connectivity index (χ1v) is 7.90. The molecule has 1 fully saturated rings. The van der Waals surface area contributed by atoms with Gasteiger partial charge in [-0.05, 0) is 25.3 Å². The molecule has 0 saturated carbocycles. The van der Waals surface area contributed by atoms with Gasteiger partial charge in [0, 0.05) is 19.0 Å². The highest BCUT2D eigenvalue weighted by atomic mass is 16.2. The number of carbonyl (C=O) groups excluding carboxylic acids is 4. The summed E-state index contributed by atoms with van der Waals surface area (Å²) in [6, 6.07) is -1.01. The van der Waals surface area contributed by atoms with E-state index in [-0.39, 0.29) is 29.9 Å². The SMILES string of the molecule is C=C(/C=C1/C(=O)N(C(CCC=O)C(=O)NC)C(=O)/C1=C/C)C(C)C. The first-order chi connectivity index (χ1) is 11.3. The summed E-state index contributed by atoms with van der Waals surface area (Å²) in [5.74, 6) is -1.41. The number of likely N-dealkylation sites (tertiary alicyclic amines) is 1. The second-order valence-corrected chi connectivity index (χ2v) is 5.84. The van der Waals surface area contributed by atoms with E-state index in [2.05, 4.69) is 11.9 Å². The van der Waals surface area contributed by atoms with Crippen LogP contribution in [0.15, 0.2) is 35.5 Å². The van der Waals surface area contributed by atoms with Crippen molar-refractivity contribution in [2.24, 2.45) is 5.92 Å². The summed E-state index contributed by atoms with van der Waals surface area (Å²) in [6.07, 6.45) is 3.99. The largest absolute Gasteiger partial charge is 0.357 e. The molecule has 6 nitrogen and oxygen atoms in total. The predicted molar refractivity (Wildman–Crippen MR) is 90.8 cm³/mol. The Labute approximate surface area is 142 Å². The average molecular weight is 332 g/mol. The predicted octanol–water partition coefficient (Wildman–Crippen LogP) is 1.53. The number of rotatable bonds is 7. The molecule has 3 amide bonds. The highest BCUT2D eigenvalue weighted by Crippen LogP contribution is 2.30. The van der Waals surface area contributed by atoms with Gasteiger partial charge >= 0.3 is 0 Å². The number of nitrogens with one attached hydrogen (secondary N) is 1. The normalized spacial score (nSPS) is 19.3. The van der Waals surface area contributed by atoms with Crippen LogP contribution in [0.2, 0.25) is 0 Å². The molecule has 0 aromatic heterocycles. The summed E-state index contributed by atoms with van der Waals surface area (Å²) in [4.78, 5) is 49.1. The van der Waals surface area contributed by atoms with Gasteiger partial charge in [-0.2, -0.15) is 0 Å². The van der Waals surface area contributed by atoms with Gasteiger partial charge in [0.15, 0.2) is 0 Å². The molecule has 24 heavy (non-hydrogen) atoms. The number of hydrogen-bond acceptors (Lipinski definition) is 4. The lowest BCUT2D eigenvalue weighted by atomic mass is 9.99. The third kappa shape index (κ3) is 3.88. The Morgan fingerprint density at radius 3 is 2.29 bits per heavy atom. The third-order valence-electron chi connectivity index (χ3n) is 3.97. The smallest absolute Gasteiger partial charge is 0.262 e. The zero-order valence-electron chi connectivity index (χ0n) is 14.6. The molecule has 1 N–H and O–H groups in total. The maximum Gasteiger partial charge on any atom is 0.262 e. The molecule has 0 aliphatic carbocycles. The summed E-state index contributed by atoms with van der Waals surface area (Å²) in [5, 5.41) is 2.44. The van der Waals surface area contributed by atoms with Gasteiger partial charge < -0.3 is 10.1 Å². The van der Waals surface area contributed by atoms with E-state index in [1.165, 1.54) is 7.05 Å². The van der Waals surface area contributed by atoms with Crippen LogP contribution < -0.4 is 5.32 Å². The van der Waals surface area contributed by atoms with E-state index < -0.39 is 23.8 Å². The maximum absolute atomic E-state index is 12.8. The molecular weight excluding hydrogens is 308 g/mol. The van der Waals surface area contributed by atoms with Crippen LogP contribution in [0, 0.1) is 5.92 Å². The summed E-state index contributed by atoms with van der Waals surface area (Å²) in [5.41, 5.74) is 1.21. The molecule has 0 aromatic rings. The minimum absolute atomic E-state index is 0.0814. The Hall–Kier alpha value is -2.50. The van der Waals surface area contributed by atoms with Crippen molar-refractivity contribution in [3.05, 3.63) is 35.5 Å². The van der Waals surface area contributed by atoms with Crippen LogP contribution in [0.3, 0.4) is 0 Å². The molecule has 1 saturated heterocycles. The summed E-state index contributed by atoms with van der Waals surface area (Å²) < 4.78 is 0. The van der Waals surface area contributed by atoms with E-state index in [0.29, 0.717) is 6.29 Å². The van der Waals surface area contributed by atoms with Crippen molar-refractivity contribution in [3.8, 4) is 0 Å². The van der Waals surface area contributed by atoms with Crippen molar-refractivity contribution in [2.75, 3.05) is 7.05 Å². The van der Waals surface area contributed by atoms with Crippen molar-refractivity contribution in [1.82, 2.24) is 10.2 Å². The van der Waals surface area contributed by atoms with Gasteiger partial charge in [0.1, 0.15) is 12.3 Å². The Bertz CT molecular complexity index is 629. The van der Waals surface area contributed by atoms with E-state index in [4.69, 9.17) is 0 Å². The number of likely N-dealkylation sites (N-methyl/N-ethyl adjacent to an activating group) is 1. The van der Waals surface area contributed by atoms with Crippen LogP contribution in [0.5, 0.6) is 0 Å². The lowest BCUT2D eigenvalue weighted by Crippen LogP contribution is -2.48. The standard InChI is InChI=1S/C18H24N2O4/c1-6-13-14(10-12(4)11(2)3)18(24)20(17(13)23)15(8-7-9-21)16(22)19-5/h6,9-11,15H,4,7-8H2,1-3,5H3,(H,19,22)/b13-6+,14-10+. The van der Waals surface area contributed by atoms with E-state index in [1.54, 1.807) is 19.1 Å². The van der Waals surface area contributed by atoms with Crippen molar-refractivity contribution in [3.63, 3.8) is 0 Å². The second kappa shape index (κ2) is 8.38. The average Bonchev–Trinajstić information content (AvgIpc) is 2.78. The Morgan fingerprint density at radius 1 is 1.25 bits per heavy atom. The molecule has 6 heteroatoms. The quantitative estimate of drug-likeness (QED) is 0.435. The number of allylic oxidation sites excluding steroid dienone is 3. The highest BCUT2D eigenvalue weighted by molar-refractivity contribution is 6.26. The van der Waals surface area contributed by atoms with Crippen LogP contribution >= 0.6 is 0 Å². The molecule has 1 unspecified atom stereocenters. The summed E-state index contributed by atoms with van der Waals surface area (Å²) in [7, 11) is 1.43. The first kappa shape index (κ1) is 19.5. The van der Waals surface area contributed by atoms with Gasteiger partial charge in [-0.15, -0.1) is 0 Å². The molecule has 0 spiro atoms. The monoisotopic (exact) mass is 332 g/mol. The number of aldehydes is 1. The fraction of sp³-hybridized carbons (Fsp3) is 0.444. The van der Waals surface area contributed by atoms with Crippen LogP contribution in [-0.2, 0) is 19.2 Å². The fourth-order valence-electron chi connectivity index (χ4n) is 2.41. The minimum Gasteiger partial charge on any atom is -0.357 e. The third-order valence-corrected chi connectivity index (χ3v) is 3.97. The molecule has 130 valence electrons. The molecule has 0 aromatic carbocycles. The number of amides is 3. The van der Waals surface area contributed by atoms with Gasteiger partial charge in [0.25, 0.3) is 11.8 Å². The van der Waals surface area contributed by atoms with Gasteiger partial charge in [0.05, 0.1) is 5.57 Å². The lowest BCUT2D eigenvalue weighted by Gasteiger charge is -2.23. The molecule has 1 heterocycles. The van der Waals surface area contributed by atoms with E-state index in [9.17, 15) is 19.2 Å². The zero-order valence-corrected chi connectivity index (χ0v) is 14.6. The molecule has 1 atom stereocenters. The van der Waals surface area contributed by atoms with E-state index in [1.807, 2.05) is 13.8 Å². The number of nitrogens with zero attached hydrogens (tertiary/aromatic N) is 1. The maximum atomic E-state index is 12.8. The van der Waals surface area contributed by atoms with Crippen molar-refractivity contribution >= 4 is 24.0 Å². The van der Waals surface area contributed by atoms with Crippen molar-refractivity contribution in [1.29, 1.82) is 0 Å². The van der Waals surface area contributed by atoms with Crippen LogP contribution in [-0.4, -0.2) is 42.0 Å². The Balaban J connectivity index is 3.32. The number of carbonyl (C=O) groups is 4. The minimum atomic E-state index is -1.01. The Morgan fingerprint density at radius 2 is 1.83 bits per heavy atom. The van der Waals surface area contributed by atoms with Crippen LogP contribution in [0.1, 0.15) is 33.6 Å². The van der Waals surface area contributed by atoms with E-state index >= 15 is 0 Å². The van der Waals surface area contributed by atoms with Crippen molar-refractivity contribution in [2.45, 2.75) is 39.7 Å².